The summed E-state index contributed by atoms with van der Waals surface area (Å²) < 4.78 is 0. The van der Waals surface area contributed by atoms with Crippen LogP contribution >= 0.6 is 0 Å². The summed E-state index contributed by atoms with van der Waals surface area (Å²) in [5.41, 5.74) is 14.9. The van der Waals surface area contributed by atoms with Gasteiger partial charge in [-0.3, -0.25) is 0 Å². The van der Waals surface area contributed by atoms with E-state index in [1.165, 1.54) is 5.56 Å². The van der Waals surface area contributed by atoms with E-state index in [9.17, 15) is 0 Å². The number of nitrogens with zero attached hydrogens (tertiary/aromatic N) is 7. The number of fused-ring (bicyclic) bond motifs is 2. The Morgan fingerprint density at radius 2 is 0.648 bits per heavy atom. The molecule has 0 N–H and O–H groups in total. The fraction of sp³-hybridized carbons (Fsp3) is 0.141. The second-order valence-corrected chi connectivity index (χ2v) is 20.2. The van der Waals surface area contributed by atoms with Crippen molar-refractivity contribution in [2.75, 3.05) is 0 Å². The molecule has 7 heteroatoms. The zero-order valence-electron chi connectivity index (χ0n) is 41.0. The Labute approximate surface area is 415 Å². The van der Waals surface area contributed by atoms with Gasteiger partial charge >= 0.3 is 0 Å². The monoisotopic (exact) mass is 918 g/mol. The van der Waals surface area contributed by atoms with E-state index in [0.29, 0.717) is 34.9 Å². The van der Waals surface area contributed by atoms with E-state index < -0.39 is 0 Å². The second kappa shape index (κ2) is 18.1. The van der Waals surface area contributed by atoms with Crippen LogP contribution in [0.4, 0.5) is 0 Å². The summed E-state index contributed by atoms with van der Waals surface area (Å²) in [6, 6.07) is 68.3. The van der Waals surface area contributed by atoms with Crippen LogP contribution in [0.1, 0.15) is 58.2 Å². The highest BCUT2D eigenvalue weighted by Gasteiger charge is 2.24. The molecule has 1 radical (unpaired) electrons. The summed E-state index contributed by atoms with van der Waals surface area (Å²) in [5.74, 6) is 3.76. The molecule has 0 atom stereocenters. The lowest BCUT2D eigenvalue weighted by Gasteiger charge is -2.24. The summed E-state index contributed by atoms with van der Waals surface area (Å²) in [7, 11) is 0. The topological polar surface area (TPSA) is 90.2 Å². The lowest BCUT2D eigenvalue weighted by molar-refractivity contribution is 0.590. The van der Waals surface area contributed by atoms with E-state index in [4.69, 9.17) is 34.9 Å². The molecule has 11 aromatic rings. The van der Waals surface area contributed by atoms with E-state index in [-0.39, 0.29) is 10.8 Å². The maximum absolute atomic E-state index is 5.53. The van der Waals surface area contributed by atoms with Crippen LogP contribution in [0.3, 0.4) is 0 Å². The highest BCUT2D eigenvalue weighted by molar-refractivity contribution is 6.09. The van der Waals surface area contributed by atoms with Crippen LogP contribution in [-0.4, -0.2) is 34.9 Å². The minimum absolute atomic E-state index is 0.133. The molecule has 0 spiro atoms. The zero-order valence-corrected chi connectivity index (χ0v) is 41.0. The molecular formula is C64H52N7. The fourth-order valence-corrected chi connectivity index (χ4v) is 9.15. The normalized spacial score (nSPS) is 11.9. The van der Waals surface area contributed by atoms with Crippen LogP contribution in [0.15, 0.2) is 188 Å². The largest absolute Gasteiger partial charge is 0.247 e. The van der Waals surface area contributed by atoms with E-state index in [2.05, 4.69) is 121 Å². The van der Waals surface area contributed by atoms with Gasteiger partial charge < -0.3 is 0 Å². The highest BCUT2D eigenvalue weighted by Crippen LogP contribution is 2.43. The molecule has 71 heavy (non-hydrogen) atoms. The predicted molar refractivity (Wildman–Crippen MR) is 290 cm³/mol. The van der Waals surface area contributed by atoms with Crippen molar-refractivity contribution in [3.05, 3.63) is 211 Å². The quantitative estimate of drug-likeness (QED) is 0.140. The number of hydrogen-bond acceptors (Lipinski definition) is 7. The van der Waals surface area contributed by atoms with E-state index in [1.54, 1.807) is 0 Å². The first kappa shape index (κ1) is 44.9. The summed E-state index contributed by atoms with van der Waals surface area (Å²) in [5, 5.41) is 2.18. The molecule has 0 aliphatic carbocycles. The number of rotatable bonds is 8. The van der Waals surface area contributed by atoms with Crippen molar-refractivity contribution in [3.8, 4) is 90.6 Å². The van der Waals surface area contributed by atoms with Gasteiger partial charge in [-0.25, -0.2) is 34.9 Å². The summed E-state index contributed by atoms with van der Waals surface area (Å²) in [4.78, 5) is 35.4. The SMILES string of the molecule is Cc1c2c(-c3ccc(-c4nc(-c5ccccc5)nc(-c5ccccc5)n4)cc3)cc(C(C)(C)C)[c]c2nc2cc(C(C)(C)C)cc(-c3ccc(-c4nc(-c5ccccc5)nc(-c5ccccc5)n4)cc3)c12. The predicted octanol–water partition coefficient (Wildman–Crippen LogP) is 15.8. The summed E-state index contributed by atoms with van der Waals surface area (Å²) in [6.07, 6.45) is 0. The molecule has 0 aliphatic heterocycles. The van der Waals surface area contributed by atoms with Gasteiger partial charge in [0, 0.05) is 50.2 Å². The average molecular weight is 919 g/mol. The van der Waals surface area contributed by atoms with Gasteiger partial charge in [-0.2, -0.15) is 0 Å². The molecule has 343 valence electrons. The fourth-order valence-electron chi connectivity index (χ4n) is 9.15. The lowest BCUT2D eigenvalue weighted by Crippen LogP contribution is -2.13. The highest BCUT2D eigenvalue weighted by atomic mass is 15.0. The maximum Gasteiger partial charge on any atom is 0.164 e. The second-order valence-electron chi connectivity index (χ2n) is 20.2. The molecular weight excluding hydrogens is 867 g/mol. The number of hydrogen-bond donors (Lipinski definition) is 0. The Kier molecular flexibility index (Phi) is 11.4. The molecule has 0 saturated carbocycles. The molecule has 8 aromatic carbocycles. The molecule has 11 rings (SSSR count). The van der Waals surface area contributed by atoms with Crippen LogP contribution < -0.4 is 0 Å². The molecule has 3 aromatic heterocycles. The third kappa shape index (κ3) is 8.99. The van der Waals surface area contributed by atoms with E-state index >= 15 is 0 Å². The van der Waals surface area contributed by atoms with Gasteiger partial charge in [0.1, 0.15) is 0 Å². The number of pyridine rings is 1. The van der Waals surface area contributed by atoms with Gasteiger partial charge in [0.05, 0.1) is 11.0 Å². The van der Waals surface area contributed by atoms with Crippen molar-refractivity contribution in [3.63, 3.8) is 0 Å². The van der Waals surface area contributed by atoms with Crippen LogP contribution in [-0.2, 0) is 10.8 Å². The van der Waals surface area contributed by atoms with Crippen molar-refractivity contribution in [1.82, 2.24) is 34.9 Å². The van der Waals surface area contributed by atoms with Gasteiger partial charge in [0.15, 0.2) is 34.9 Å². The molecule has 0 fully saturated rings. The number of benzene rings is 8. The number of aromatic nitrogens is 7. The van der Waals surface area contributed by atoms with Gasteiger partial charge in [0.2, 0.25) is 0 Å². The lowest BCUT2D eigenvalue weighted by atomic mass is 9.81. The first-order chi connectivity index (χ1) is 34.3. The summed E-state index contributed by atoms with van der Waals surface area (Å²) in [6.45, 7) is 15.7. The Morgan fingerprint density at radius 1 is 0.324 bits per heavy atom. The zero-order chi connectivity index (χ0) is 48.9. The molecule has 3 heterocycles. The first-order valence-electron chi connectivity index (χ1n) is 24.1. The minimum Gasteiger partial charge on any atom is -0.247 e. The molecule has 0 amide bonds. The van der Waals surface area contributed by atoms with Crippen LogP contribution in [0.5, 0.6) is 0 Å². The van der Waals surface area contributed by atoms with E-state index in [0.717, 1.165) is 88.6 Å². The van der Waals surface area contributed by atoms with Crippen LogP contribution in [0, 0.1) is 13.0 Å². The van der Waals surface area contributed by atoms with Crippen LogP contribution in [0.25, 0.3) is 112 Å². The van der Waals surface area contributed by atoms with Crippen molar-refractivity contribution < 1.29 is 0 Å². The first-order valence-corrected chi connectivity index (χ1v) is 24.1. The van der Waals surface area contributed by atoms with Crippen molar-refractivity contribution in [1.29, 1.82) is 0 Å². The third-order valence-corrected chi connectivity index (χ3v) is 13.1. The molecule has 0 bridgehead atoms. The average Bonchev–Trinajstić information content (AvgIpc) is 3.40. The Bertz CT molecular complexity index is 3370. The van der Waals surface area contributed by atoms with Crippen molar-refractivity contribution in [2.45, 2.75) is 59.3 Å². The number of aryl methyl sites for hydroxylation is 1. The Balaban J connectivity index is 1.05. The smallest absolute Gasteiger partial charge is 0.164 e. The van der Waals surface area contributed by atoms with Crippen molar-refractivity contribution in [2.24, 2.45) is 0 Å². The molecule has 7 nitrogen and oxygen atoms in total. The van der Waals surface area contributed by atoms with Gasteiger partial charge in [0.25, 0.3) is 0 Å². The molecule has 0 unspecified atom stereocenters. The molecule has 0 aliphatic rings. The van der Waals surface area contributed by atoms with Crippen molar-refractivity contribution >= 4 is 21.8 Å². The third-order valence-electron chi connectivity index (χ3n) is 13.1. The summed E-state index contributed by atoms with van der Waals surface area (Å²) >= 11 is 0. The van der Waals surface area contributed by atoms with Gasteiger partial charge in [-0.1, -0.05) is 211 Å². The maximum atomic E-state index is 5.53. The minimum atomic E-state index is -0.178. The van der Waals surface area contributed by atoms with Crippen LogP contribution in [0.2, 0.25) is 0 Å². The Morgan fingerprint density at radius 3 is 0.986 bits per heavy atom. The standard InChI is InChI=1S/C64H52N7/c1-40-55-51(41-28-32-47(33-29-41)61-68-57(43-20-12-8-13-21-43)66-58(69-61)44-22-14-9-15-23-44)36-49(63(2,3)4)38-53(55)65-54-39-50(64(5,6)7)37-52(56(40)54)42-30-34-48(35-31-42)62-70-59(45-24-16-10-17-25-45)67-60(71-62)46-26-18-11-19-27-46/h8-38H,1-7H3. The Hall–Kier alpha value is -8.55. The molecule has 0 saturated heterocycles. The van der Waals surface area contributed by atoms with Gasteiger partial charge in [-0.15, -0.1) is 0 Å². The van der Waals surface area contributed by atoms with Gasteiger partial charge in [-0.05, 0) is 74.9 Å². The van der Waals surface area contributed by atoms with E-state index in [1.807, 2.05) is 121 Å².